The van der Waals surface area contributed by atoms with E-state index in [1.807, 2.05) is 0 Å². The van der Waals surface area contributed by atoms with Gasteiger partial charge in [-0.25, -0.2) is 4.79 Å². The van der Waals surface area contributed by atoms with Gasteiger partial charge in [-0.2, -0.15) is 8.78 Å². The number of rotatable bonds is 3. The highest BCUT2D eigenvalue weighted by Crippen LogP contribution is 2.13. The molecule has 0 aromatic carbocycles. The Morgan fingerprint density at radius 3 is 2.62 bits per heavy atom. The zero-order chi connectivity index (χ0) is 9.84. The molecular formula is C8H10F2O3. The van der Waals surface area contributed by atoms with Gasteiger partial charge in [-0.05, 0) is 6.92 Å². The standard InChI is InChI=1S/C8H10F2O3/c1-5(7(9)10)8(11)13-4-6-2-3-12-6/h6H,2-4H2,1H3. The highest BCUT2D eigenvalue weighted by Gasteiger charge is 2.21. The van der Waals surface area contributed by atoms with Crippen LogP contribution in [0.5, 0.6) is 0 Å². The molecule has 1 saturated heterocycles. The second-order valence-electron chi connectivity index (χ2n) is 2.77. The van der Waals surface area contributed by atoms with Gasteiger partial charge in [-0.3, -0.25) is 0 Å². The van der Waals surface area contributed by atoms with Gasteiger partial charge in [0, 0.05) is 13.0 Å². The zero-order valence-electron chi connectivity index (χ0n) is 7.18. The molecule has 0 aliphatic carbocycles. The lowest BCUT2D eigenvalue weighted by atomic mass is 10.2. The number of esters is 1. The van der Waals surface area contributed by atoms with Crippen LogP contribution < -0.4 is 0 Å². The normalized spacial score (nSPS) is 20.4. The van der Waals surface area contributed by atoms with Crippen molar-refractivity contribution in [2.24, 2.45) is 0 Å². The lowest BCUT2D eigenvalue weighted by Crippen LogP contribution is -2.32. The first kappa shape index (κ1) is 10.1. The molecular weight excluding hydrogens is 182 g/mol. The Hall–Kier alpha value is -0.970. The topological polar surface area (TPSA) is 35.5 Å². The SMILES string of the molecule is CC(C(=O)OCC1CCO1)=C(F)F. The predicted octanol–water partition coefficient (Wildman–Crippen LogP) is 1.49. The third-order valence-corrected chi connectivity index (χ3v) is 1.78. The molecule has 1 atom stereocenters. The van der Waals surface area contributed by atoms with Crippen LogP contribution in [0, 0.1) is 0 Å². The van der Waals surface area contributed by atoms with E-state index in [0.717, 1.165) is 13.3 Å². The Bertz CT molecular complexity index is 230. The largest absolute Gasteiger partial charge is 0.459 e. The third-order valence-electron chi connectivity index (χ3n) is 1.78. The lowest BCUT2D eigenvalue weighted by molar-refractivity contribution is -0.150. The molecule has 5 heteroatoms. The Morgan fingerprint density at radius 1 is 1.62 bits per heavy atom. The van der Waals surface area contributed by atoms with Crippen molar-refractivity contribution in [3.8, 4) is 0 Å². The van der Waals surface area contributed by atoms with Crippen LogP contribution in [0.4, 0.5) is 8.78 Å². The minimum Gasteiger partial charge on any atom is -0.459 e. The Morgan fingerprint density at radius 2 is 2.23 bits per heavy atom. The maximum Gasteiger partial charge on any atom is 0.339 e. The molecule has 3 nitrogen and oxygen atoms in total. The van der Waals surface area contributed by atoms with E-state index in [4.69, 9.17) is 4.74 Å². The summed E-state index contributed by atoms with van der Waals surface area (Å²) >= 11 is 0. The molecule has 0 saturated carbocycles. The maximum atomic E-state index is 11.8. The molecule has 1 aliphatic rings. The van der Waals surface area contributed by atoms with Crippen molar-refractivity contribution in [1.29, 1.82) is 0 Å². The molecule has 1 rings (SSSR count). The summed E-state index contributed by atoms with van der Waals surface area (Å²) in [6.07, 6.45) is -1.30. The molecule has 1 unspecified atom stereocenters. The monoisotopic (exact) mass is 192 g/mol. The fraction of sp³-hybridized carbons (Fsp3) is 0.625. The van der Waals surface area contributed by atoms with Crippen LogP contribution in [0.3, 0.4) is 0 Å². The first-order valence-electron chi connectivity index (χ1n) is 3.92. The molecule has 13 heavy (non-hydrogen) atoms. The van der Waals surface area contributed by atoms with Gasteiger partial charge in [0.1, 0.15) is 6.61 Å². The van der Waals surface area contributed by atoms with E-state index in [-0.39, 0.29) is 12.7 Å². The van der Waals surface area contributed by atoms with Crippen molar-refractivity contribution in [3.05, 3.63) is 11.7 Å². The van der Waals surface area contributed by atoms with E-state index >= 15 is 0 Å². The van der Waals surface area contributed by atoms with Gasteiger partial charge < -0.3 is 9.47 Å². The van der Waals surface area contributed by atoms with E-state index in [1.165, 1.54) is 0 Å². The van der Waals surface area contributed by atoms with Crippen molar-refractivity contribution in [2.75, 3.05) is 13.2 Å². The molecule has 0 radical (unpaired) electrons. The van der Waals surface area contributed by atoms with Crippen molar-refractivity contribution in [3.63, 3.8) is 0 Å². The Balaban J connectivity index is 2.28. The first-order valence-corrected chi connectivity index (χ1v) is 3.92. The highest BCUT2D eigenvalue weighted by molar-refractivity contribution is 5.87. The molecule has 74 valence electrons. The van der Waals surface area contributed by atoms with Crippen molar-refractivity contribution >= 4 is 5.97 Å². The summed E-state index contributed by atoms with van der Waals surface area (Å²) in [7, 11) is 0. The zero-order valence-corrected chi connectivity index (χ0v) is 7.18. The predicted molar refractivity (Wildman–Crippen MR) is 40.2 cm³/mol. The van der Waals surface area contributed by atoms with Gasteiger partial charge in [0.25, 0.3) is 6.08 Å². The van der Waals surface area contributed by atoms with Crippen LogP contribution in [0.1, 0.15) is 13.3 Å². The van der Waals surface area contributed by atoms with Crippen molar-refractivity contribution in [1.82, 2.24) is 0 Å². The van der Waals surface area contributed by atoms with Gasteiger partial charge in [0.05, 0.1) is 11.7 Å². The number of ether oxygens (including phenoxy) is 2. The van der Waals surface area contributed by atoms with E-state index in [1.54, 1.807) is 0 Å². The van der Waals surface area contributed by atoms with Crippen LogP contribution in [0.2, 0.25) is 0 Å². The van der Waals surface area contributed by atoms with Gasteiger partial charge >= 0.3 is 5.97 Å². The molecule has 1 fully saturated rings. The second-order valence-corrected chi connectivity index (χ2v) is 2.77. The minimum absolute atomic E-state index is 0.0590. The van der Waals surface area contributed by atoms with Gasteiger partial charge in [-0.1, -0.05) is 0 Å². The van der Waals surface area contributed by atoms with E-state index < -0.39 is 17.6 Å². The quantitative estimate of drug-likeness (QED) is 0.502. The number of halogens is 2. The molecule has 0 bridgehead atoms. The Kier molecular flexibility index (Phi) is 3.36. The van der Waals surface area contributed by atoms with Crippen molar-refractivity contribution in [2.45, 2.75) is 19.4 Å². The maximum absolute atomic E-state index is 11.8. The summed E-state index contributed by atoms with van der Waals surface area (Å²) < 4.78 is 33.2. The van der Waals surface area contributed by atoms with Crippen molar-refractivity contribution < 1.29 is 23.0 Å². The minimum atomic E-state index is -2.00. The van der Waals surface area contributed by atoms with E-state index in [9.17, 15) is 13.6 Å². The molecule has 1 aliphatic heterocycles. The third kappa shape index (κ3) is 2.77. The average Bonchev–Trinajstić information content (AvgIpc) is 1.99. The van der Waals surface area contributed by atoms with Crippen LogP contribution >= 0.6 is 0 Å². The summed E-state index contributed by atoms with van der Waals surface area (Å²) in [6.45, 7) is 1.73. The molecule has 1 heterocycles. The number of carbonyl (C=O) groups is 1. The summed E-state index contributed by atoms with van der Waals surface area (Å²) in [6, 6.07) is 0. The summed E-state index contributed by atoms with van der Waals surface area (Å²) in [5, 5.41) is 0. The first-order chi connectivity index (χ1) is 6.11. The smallest absolute Gasteiger partial charge is 0.339 e. The van der Waals surface area contributed by atoms with Crippen LogP contribution in [0.15, 0.2) is 11.7 Å². The Labute approximate surface area is 74.3 Å². The van der Waals surface area contributed by atoms with Crippen LogP contribution in [0.25, 0.3) is 0 Å². The lowest BCUT2D eigenvalue weighted by Gasteiger charge is -2.25. The second kappa shape index (κ2) is 4.32. The van der Waals surface area contributed by atoms with Gasteiger partial charge in [0.15, 0.2) is 0 Å². The molecule has 0 spiro atoms. The van der Waals surface area contributed by atoms with Gasteiger partial charge in [0.2, 0.25) is 0 Å². The number of carbonyl (C=O) groups excluding carboxylic acids is 1. The fourth-order valence-electron chi connectivity index (χ4n) is 0.770. The molecule has 0 aromatic rings. The summed E-state index contributed by atoms with van der Waals surface area (Å²) in [5.74, 6) is -0.976. The number of hydrogen-bond acceptors (Lipinski definition) is 3. The van der Waals surface area contributed by atoms with E-state index in [2.05, 4.69) is 4.74 Å². The molecule has 0 N–H and O–H groups in total. The van der Waals surface area contributed by atoms with E-state index in [0.29, 0.717) is 6.61 Å². The summed E-state index contributed by atoms with van der Waals surface area (Å²) in [4.78, 5) is 10.8. The fourth-order valence-corrected chi connectivity index (χ4v) is 0.770. The summed E-state index contributed by atoms with van der Waals surface area (Å²) in [5.41, 5.74) is -0.640. The molecule has 0 aromatic heterocycles. The van der Waals surface area contributed by atoms with Gasteiger partial charge in [-0.15, -0.1) is 0 Å². The van der Waals surface area contributed by atoms with Crippen LogP contribution in [-0.4, -0.2) is 25.3 Å². The number of hydrogen-bond donors (Lipinski definition) is 0. The molecule has 0 amide bonds. The van der Waals surface area contributed by atoms with Crippen LogP contribution in [-0.2, 0) is 14.3 Å². The highest BCUT2D eigenvalue weighted by atomic mass is 19.3. The average molecular weight is 192 g/mol.